The van der Waals surface area contributed by atoms with Crippen molar-refractivity contribution in [3.8, 4) is 0 Å². The van der Waals surface area contributed by atoms with Crippen LogP contribution in [0, 0.1) is 0 Å². The number of benzene rings is 3. The molecule has 7 heteroatoms. The van der Waals surface area contributed by atoms with E-state index in [2.05, 4.69) is 34.9 Å². The number of carbonyl (C=O) groups is 3. The lowest BCUT2D eigenvalue weighted by molar-refractivity contribution is -0.156. The molecule has 0 saturated carbocycles. The lowest BCUT2D eigenvalue weighted by Crippen LogP contribution is -2.37. The minimum Gasteiger partial charge on any atom is -0.459 e. The molecule has 3 aromatic carbocycles. The van der Waals surface area contributed by atoms with Crippen LogP contribution >= 0.6 is 11.8 Å². The predicted molar refractivity (Wildman–Crippen MR) is 144 cm³/mol. The first-order valence-corrected chi connectivity index (χ1v) is 12.5. The van der Waals surface area contributed by atoms with Gasteiger partial charge in [0.1, 0.15) is 12.1 Å². The maximum absolute atomic E-state index is 13.0. The van der Waals surface area contributed by atoms with Gasteiger partial charge in [0.25, 0.3) is 11.1 Å². The zero-order chi connectivity index (χ0) is 25.4. The number of imide groups is 1. The van der Waals surface area contributed by atoms with E-state index in [0.29, 0.717) is 6.54 Å². The fourth-order valence-electron chi connectivity index (χ4n) is 4.42. The number of esters is 1. The quantitative estimate of drug-likeness (QED) is 0.241. The number of para-hydroxylation sites is 1. The summed E-state index contributed by atoms with van der Waals surface area (Å²) in [5.74, 6) is -1.10. The van der Waals surface area contributed by atoms with Gasteiger partial charge in [0.05, 0.1) is 4.91 Å². The van der Waals surface area contributed by atoms with Crippen LogP contribution in [0.1, 0.15) is 31.9 Å². The van der Waals surface area contributed by atoms with Gasteiger partial charge >= 0.3 is 5.97 Å². The fourth-order valence-corrected chi connectivity index (χ4v) is 5.24. The van der Waals surface area contributed by atoms with E-state index in [1.54, 1.807) is 26.8 Å². The normalized spacial score (nSPS) is 15.4. The van der Waals surface area contributed by atoms with E-state index >= 15 is 0 Å². The molecular formula is C29H26N2O4S. The monoisotopic (exact) mass is 498 g/mol. The van der Waals surface area contributed by atoms with Crippen LogP contribution < -0.4 is 0 Å². The van der Waals surface area contributed by atoms with E-state index in [-0.39, 0.29) is 4.91 Å². The van der Waals surface area contributed by atoms with E-state index in [0.717, 1.165) is 33.1 Å². The number of carbonyl (C=O) groups excluding carboxylic acids is 3. The van der Waals surface area contributed by atoms with E-state index in [1.807, 2.05) is 42.6 Å². The van der Waals surface area contributed by atoms with Crippen molar-refractivity contribution < 1.29 is 19.1 Å². The summed E-state index contributed by atoms with van der Waals surface area (Å²) in [7, 11) is 0. The van der Waals surface area contributed by atoms with Crippen molar-refractivity contribution in [1.82, 2.24) is 9.47 Å². The number of hydrogen-bond acceptors (Lipinski definition) is 5. The Morgan fingerprint density at radius 2 is 1.64 bits per heavy atom. The molecule has 1 aromatic heterocycles. The largest absolute Gasteiger partial charge is 0.459 e. The minimum atomic E-state index is -0.694. The van der Waals surface area contributed by atoms with E-state index < -0.39 is 29.3 Å². The molecule has 1 fully saturated rings. The molecule has 4 aromatic rings. The van der Waals surface area contributed by atoms with Crippen molar-refractivity contribution in [1.29, 1.82) is 0 Å². The van der Waals surface area contributed by atoms with Gasteiger partial charge in [-0.25, -0.2) is 0 Å². The molecule has 6 nitrogen and oxygen atoms in total. The third kappa shape index (κ3) is 4.79. The first-order chi connectivity index (χ1) is 17.2. The molecule has 0 unspecified atom stereocenters. The molecule has 0 N–H and O–H groups in total. The summed E-state index contributed by atoms with van der Waals surface area (Å²) in [6.07, 6.45) is 3.75. The lowest BCUT2D eigenvalue weighted by atomic mass is 10.0. The summed E-state index contributed by atoms with van der Waals surface area (Å²) in [6.45, 7) is 5.49. The number of nitrogens with zero attached hydrogens (tertiary/aromatic N) is 2. The maximum atomic E-state index is 13.0. The summed E-state index contributed by atoms with van der Waals surface area (Å²) in [6, 6.07) is 22.6. The average molecular weight is 499 g/mol. The number of fused-ring (bicyclic) bond motifs is 2. The number of rotatable bonds is 5. The molecule has 182 valence electrons. The van der Waals surface area contributed by atoms with Crippen molar-refractivity contribution in [3.05, 3.63) is 89.0 Å². The van der Waals surface area contributed by atoms with Crippen molar-refractivity contribution in [2.75, 3.05) is 6.54 Å². The maximum Gasteiger partial charge on any atom is 0.326 e. The van der Waals surface area contributed by atoms with Gasteiger partial charge in [-0.1, -0.05) is 60.7 Å². The van der Waals surface area contributed by atoms with Crippen molar-refractivity contribution >= 4 is 56.6 Å². The summed E-state index contributed by atoms with van der Waals surface area (Å²) >= 11 is 0.842. The number of ether oxygens (including phenoxy) is 1. The lowest BCUT2D eigenvalue weighted by Gasteiger charge is -2.21. The zero-order valence-electron chi connectivity index (χ0n) is 20.4. The highest BCUT2D eigenvalue weighted by atomic mass is 32.2. The first-order valence-electron chi connectivity index (χ1n) is 11.7. The van der Waals surface area contributed by atoms with Crippen LogP contribution in [-0.2, 0) is 20.9 Å². The SMILES string of the molecule is CC(C)(C)OC(=O)CN1C(=O)SC(=Cc2cn(Cc3cccc4ccccc34)c3ccccc23)C1=O. The Bertz CT molecular complexity index is 1540. The van der Waals surface area contributed by atoms with Gasteiger partial charge in [-0.3, -0.25) is 19.3 Å². The summed E-state index contributed by atoms with van der Waals surface area (Å²) in [5.41, 5.74) is 2.37. The van der Waals surface area contributed by atoms with Crippen LogP contribution in [0.25, 0.3) is 27.8 Å². The Kier molecular flexibility index (Phi) is 6.18. The predicted octanol–water partition coefficient (Wildman–Crippen LogP) is 6.22. The molecule has 2 heterocycles. The van der Waals surface area contributed by atoms with Gasteiger partial charge in [-0.05, 0) is 61.0 Å². The van der Waals surface area contributed by atoms with Crippen LogP contribution in [0.2, 0.25) is 0 Å². The third-order valence-electron chi connectivity index (χ3n) is 5.91. The Morgan fingerprint density at radius 3 is 2.42 bits per heavy atom. The van der Waals surface area contributed by atoms with Crippen LogP contribution in [0.5, 0.6) is 0 Å². The highest BCUT2D eigenvalue weighted by Crippen LogP contribution is 2.34. The molecule has 0 radical (unpaired) electrons. The molecule has 1 aliphatic heterocycles. The topological polar surface area (TPSA) is 68.6 Å². The number of thioether (sulfide) groups is 1. The molecule has 1 aliphatic rings. The standard InChI is InChI=1S/C29H26N2O4S/c1-29(2,3)35-26(32)18-31-27(33)25(36-28(31)34)15-21-17-30(24-14-7-6-13-23(21)24)16-20-11-8-10-19-9-4-5-12-22(19)20/h4-15,17H,16,18H2,1-3H3. The van der Waals surface area contributed by atoms with Crippen molar-refractivity contribution in [2.45, 2.75) is 32.9 Å². The van der Waals surface area contributed by atoms with Gasteiger partial charge < -0.3 is 9.30 Å². The molecular weight excluding hydrogens is 472 g/mol. The molecule has 0 spiro atoms. The van der Waals surface area contributed by atoms with Gasteiger partial charge in [-0.2, -0.15) is 0 Å². The Morgan fingerprint density at radius 1 is 0.944 bits per heavy atom. The van der Waals surface area contributed by atoms with E-state index in [9.17, 15) is 14.4 Å². The van der Waals surface area contributed by atoms with Crippen molar-refractivity contribution in [2.24, 2.45) is 0 Å². The summed E-state index contributed by atoms with van der Waals surface area (Å²) in [4.78, 5) is 39.0. The number of hydrogen-bond donors (Lipinski definition) is 0. The summed E-state index contributed by atoms with van der Waals surface area (Å²) < 4.78 is 7.44. The Hall–Kier alpha value is -3.84. The zero-order valence-corrected chi connectivity index (χ0v) is 21.2. The fraction of sp³-hybridized carbons (Fsp3) is 0.207. The molecule has 0 aliphatic carbocycles. The van der Waals surface area contributed by atoms with Crippen LogP contribution in [0.15, 0.2) is 77.8 Å². The highest BCUT2D eigenvalue weighted by molar-refractivity contribution is 8.18. The highest BCUT2D eigenvalue weighted by Gasteiger charge is 2.37. The molecule has 1 saturated heterocycles. The number of amides is 2. The van der Waals surface area contributed by atoms with Crippen molar-refractivity contribution in [3.63, 3.8) is 0 Å². The molecule has 0 bridgehead atoms. The molecule has 0 atom stereocenters. The van der Waals surface area contributed by atoms with E-state index in [4.69, 9.17) is 4.74 Å². The smallest absolute Gasteiger partial charge is 0.326 e. The van der Waals surface area contributed by atoms with Crippen LogP contribution in [-0.4, -0.2) is 38.7 Å². The Labute approximate surface area is 213 Å². The van der Waals surface area contributed by atoms with Gasteiger partial charge in [-0.15, -0.1) is 0 Å². The first kappa shape index (κ1) is 23.9. The molecule has 5 rings (SSSR count). The van der Waals surface area contributed by atoms with E-state index in [1.165, 1.54) is 16.3 Å². The van der Waals surface area contributed by atoms with Crippen LogP contribution in [0.3, 0.4) is 0 Å². The molecule has 2 amide bonds. The third-order valence-corrected chi connectivity index (χ3v) is 6.81. The Balaban J connectivity index is 1.46. The average Bonchev–Trinajstić information content (AvgIpc) is 3.30. The second-order valence-corrected chi connectivity index (χ2v) is 10.7. The molecule has 36 heavy (non-hydrogen) atoms. The van der Waals surface area contributed by atoms with Gasteiger partial charge in [0.2, 0.25) is 0 Å². The second-order valence-electron chi connectivity index (χ2n) is 9.72. The number of aromatic nitrogens is 1. The van der Waals surface area contributed by atoms with Gasteiger partial charge in [0.15, 0.2) is 0 Å². The van der Waals surface area contributed by atoms with Crippen LogP contribution in [0.4, 0.5) is 4.79 Å². The minimum absolute atomic E-state index is 0.289. The summed E-state index contributed by atoms with van der Waals surface area (Å²) in [5, 5.41) is 2.89. The second kappa shape index (κ2) is 9.32. The van der Waals surface area contributed by atoms with Gasteiger partial charge in [0, 0.05) is 29.2 Å².